The number of hydrogen-bond donors (Lipinski definition) is 4. The first kappa shape index (κ1) is 22.9. The van der Waals surface area contributed by atoms with E-state index in [-0.39, 0.29) is 58.5 Å². The van der Waals surface area contributed by atoms with Gasteiger partial charge in [-0.3, -0.25) is 0 Å². The quantitative estimate of drug-likeness (QED) is 0.413. The van der Waals surface area contributed by atoms with Crippen molar-refractivity contribution in [1.29, 1.82) is 0 Å². The van der Waals surface area contributed by atoms with Gasteiger partial charge in [0, 0.05) is 29.6 Å². The Labute approximate surface area is 197 Å². The molecule has 1 spiro atoms. The molecular formula is C27H42O6. The molecule has 3 saturated carbocycles. The van der Waals surface area contributed by atoms with Crippen LogP contribution in [-0.4, -0.2) is 63.3 Å². The highest BCUT2D eigenvalue weighted by molar-refractivity contribution is 5.29. The molecule has 0 bridgehead atoms. The lowest BCUT2D eigenvalue weighted by Crippen LogP contribution is -2.60. The molecule has 186 valence electrons. The van der Waals surface area contributed by atoms with Gasteiger partial charge in [-0.1, -0.05) is 39.3 Å². The number of hydrogen-bond acceptors (Lipinski definition) is 6. The second-order valence-corrected chi connectivity index (χ2v) is 13.0. The molecule has 6 nitrogen and oxygen atoms in total. The van der Waals surface area contributed by atoms with E-state index in [2.05, 4.69) is 20.8 Å². The molecule has 6 rings (SSSR count). The molecule has 4 N–H and O–H groups in total. The van der Waals surface area contributed by atoms with Gasteiger partial charge in [0.05, 0.1) is 37.1 Å². The average molecular weight is 463 g/mol. The van der Waals surface area contributed by atoms with Crippen LogP contribution in [0.5, 0.6) is 0 Å². The molecule has 14 atom stereocenters. The summed E-state index contributed by atoms with van der Waals surface area (Å²) >= 11 is 0. The Bertz CT molecular complexity index is 844. The van der Waals surface area contributed by atoms with Crippen LogP contribution in [0.1, 0.15) is 66.2 Å². The fraction of sp³-hybridized carbons (Fsp3) is 0.926. The first-order chi connectivity index (χ1) is 15.5. The molecule has 4 aliphatic carbocycles. The normalized spacial score (nSPS) is 62.3. The van der Waals surface area contributed by atoms with Crippen molar-refractivity contribution < 1.29 is 29.9 Å². The van der Waals surface area contributed by atoms with Crippen molar-refractivity contribution in [3.05, 3.63) is 11.6 Å². The minimum absolute atomic E-state index is 0.0254. The molecule has 33 heavy (non-hydrogen) atoms. The van der Waals surface area contributed by atoms with Crippen LogP contribution in [0, 0.1) is 46.3 Å². The first-order valence-electron chi connectivity index (χ1n) is 13.3. The van der Waals surface area contributed by atoms with Crippen molar-refractivity contribution >= 4 is 0 Å². The molecule has 0 aromatic rings. The minimum atomic E-state index is -0.768. The lowest BCUT2D eigenvalue weighted by atomic mass is 9.45. The molecule has 5 fully saturated rings. The highest BCUT2D eigenvalue weighted by atomic mass is 16.7. The number of rotatable bonds is 0. The van der Waals surface area contributed by atoms with E-state index in [4.69, 9.17) is 9.47 Å². The maximum Gasteiger partial charge on any atom is 0.174 e. The Morgan fingerprint density at radius 1 is 1.03 bits per heavy atom. The number of ether oxygens (including phenoxy) is 2. The second-order valence-electron chi connectivity index (χ2n) is 13.0. The summed E-state index contributed by atoms with van der Waals surface area (Å²) < 4.78 is 13.0. The van der Waals surface area contributed by atoms with Crippen LogP contribution in [0.4, 0.5) is 0 Å². The lowest BCUT2D eigenvalue weighted by Gasteiger charge is -2.61. The zero-order valence-electron chi connectivity index (χ0n) is 20.5. The van der Waals surface area contributed by atoms with Crippen molar-refractivity contribution in [2.75, 3.05) is 6.61 Å². The van der Waals surface area contributed by atoms with Crippen LogP contribution in [0.25, 0.3) is 0 Å². The highest BCUT2D eigenvalue weighted by Crippen LogP contribution is 2.70. The van der Waals surface area contributed by atoms with E-state index in [1.807, 2.05) is 13.0 Å². The zero-order valence-corrected chi connectivity index (χ0v) is 20.5. The van der Waals surface area contributed by atoms with E-state index in [0.717, 1.165) is 19.3 Å². The molecule has 2 saturated heterocycles. The maximum atomic E-state index is 11.8. The van der Waals surface area contributed by atoms with E-state index < -0.39 is 24.1 Å². The molecule has 0 radical (unpaired) electrons. The van der Waals surface area contributed by atoms with Crippen LogP contribution in [0.2, 0.25) is 0 Å². The third-order valence-corrected chi connectivity index (χ3v) is 11.6. The van der Waals surface area contributed by atoms with Gasteiger partial charge in [-0.25, -0.2) is 0 Å². The van der Waals surface area contributed by atoms with Crippen molar-refractivity contribution in [3.63, 3.8) is 0 Å². The van der Waals surface area contributed by atoms with E-state index in [0.29, 0.717) is 25.9 Å². The number of aliphatic hydroxyl groups is 4. The molecule has 0 aromatic carbocycles. The van der Waals surface area contributed by atoms with E-state index in [9.17, 15) is 20.4 Å². The predicted molar refractivity (Wildman–Crippen MR) is 122 cm³/mol. The Morgan fingerprint density at radius 2 is 1.79 bits per heavy atom. The van der Waals surface area contributed by atoms with Crippen molar-refractivity contribution in [1.82, 2.24) is 0 Å². The summed E-state index contributed by atoms with van der Waals surface area (Å²) in [4.78, 5) is 0. The third kappa shape index (κ3) is 2.88. The van der Waals surface area contributed by atoms with Gasteiger partial charge in [0.15, 0.2) is 5.79 Å². The fourth-order valence-corrected chi connectivity index (χ4v) is 9.60. The summed E-state index contributed by atoms with van der Waals surface area (Å²) in [5.74, 6) is 0.0164. The molecule has 0 aromatic heterocycles. The average Bonchev–Trinajstić information content (AvgIpc) is 3.19. The lowest BCUT2D eigenvalue weighted by molar-refractivity contribution is -0.291. The van der Waals surface area contributed by atoms with Gasteiger partial charge in [-0.2, -0.15) is 0 Å². The van der Waals surface area contributed by atoms with Crippen molar-refractivity contribution in [2.45, 2.75) is 103 Å². The Kier molecular flexibility index (Phi) is 5.05. The van der Waals surface area contributed by atoms with Crippen LogP contribution >= 0.6 is 0 Å². The number of aliphatic hydroxyl groups excluding tert-OH is 4. The molecule has 0 unspecified atom stereocenters. The zero-order chi connectivity index (χ0) is 23.5. The summed E-state index contributed by atoms with van der Waals surface area (Å²) in [7, 11) is 0. The van der Waals surface area contributed by atoms with Crippen LogP contribution in [-0.2, 0) is 9.47 Å². The summed E-state index contributed by atoms with van der Waals surface area (Å²) in [6, 6.07) is 0. The summed E-state index contributed by atoms with van der Waals surface area (Å²) in [6.45, 7) is 9.21. The first-order valence-corrected chi connectivity index (χ1v) is 13.3. The topological polar surface area (TPSA) is 99.4 Å². The Hall–Kier alpha value is -0.500. The van der Waals surface area contributed by atoms with Gasteiger partial charge < -0.3 is 29.9 Å². The van der Waals surface area contributed by atoms with E-state index in [1.165, 1.54) is 5.57 Å². The SMILES string of the molecule is C[C@@H]1CO[C@]2(C[C@@H]1O)O[C@H]1C[C@H]3[C@@H]4[C@@H](O)C=C5C[C@@H](O)CC[C@]5(C)[C@H]4C[C@@H](O)[C@]3(C)[C@H]1[C@@H]2C. The molecule has 6 heteroatoms. The fourth-order valence-electron chi connectivity index (χ4n) is 9.60. The van der Waals surface area contributed by atoms with Crippen molar-refractivity contribution in [3.8, 4) is 0 Å². The molecule has 6 aliphatic rings. The smallest absolute Gasteiger partial charge is 0.174 e. The van der Waals surface area contributed by atoms with Gasteiger partial charge in [0.2, 0.25) is 0 Å². The molecule has 0 amide bonds. The maximum absolute atomic E-state index is 11.8. The van der Waals surface area contributed by atoms with E-state index >= 15 is 0 Å². The van der Waals surface area contributed by atoms with Crippen molar-refractivity contribution in [2.24, 2.45) is 46.3 Å². The van der Waals surface area contributed by atoms with Crippen LogP contribution in [0.15, 0.2) is 11.6 Å². The van der Waals surface area contributed by atoms with Gasteiger partial charge >= 0.3 is 0 Å². The summed E-state index contributed by atoms with van der Waals surface area (Å²) in [5, 5.41) is 44.0. The molecular weight excluding hydrogens is 420 g/mol. The molecule has 2 heterocycles. The summed E-state index contributed by atoms with van der Waals surface area (Å²) in [6.07, 6.45) is 4.58. The van der Waals surface area contributed by atoms with Gasteiger partial charge in [0.25, 0.3) is 0 Å². The predicted octanol–water partition coefficient (Wildman–Crippen LogP) is 2.63. The third-order valence-electron chi connectivity index (χ3n) is 11.6. The Balaban J connectivity index is 1.34. The molecule has 2 aliphatic heterocycles. The van der Waals surface area contributed by atoms with E-state index in [1.54, 1.807) is 0 Å². The standard InChI is InChI=1S/C27H42O6/c1-13-12-32-27(11-20(13)30)14(2)24-21(33-27)9-18-23-17(10-22(31)26(18,24)4)25(3)6-5-16(28)7-15(25)8-19(23)29/h8,13-14,16-24,28-31H,5-7,9-12H2,1-4H3/t13-,14+,16+,17+,18+,19+,20+,21+,22-,23-,24+,25+,26-,27-/m1/s1. The van der Waals surface area contributed by atoms with Gasteiger partial charge in [-0.15, -0.1) is 0 Å². The largest absolute Gasteiger partial charge is 0.393 e. The van der Waals surface area contributed by atoms with Gasteiger partial charge in [0.1, 0.15) is 0 Å². The second kappa shape index (κ2) is 7.27. The summed E-state index contributed by atoms with van der Waals surface area (Å²) in [5.41, 5.74) is 0.762. The monoisotopic (exact) mass is 462 g/mol. The Morgan fingerprint density at radius 3 is 2.52 bits per heavy atom. The number of fused-ring (bicyclic) bond motifs is 7. The van der Waals surface area contributed by atoms with Crippen LogP contribution in [0.3, 0.4) is 0 Å². The minimum Gasteiger partial charge on any atom is -0.393 e. The van der Waals surface area contributed by atoms with Gasteiger partial charge in [-0.05, 0) is 55.3 Å². The van der Waals surface area contributed by atoms with Crippen LogP contribution < -0.4 is 0 Å². The highest BCUT2D eigenvalue weighted by Gasteiger charge is 2.72.